The van der Waals surface area contributed by atoms with E-state index in [-0.39, 0.29) is 6.10 Å². The van der Waals surface area contributed by atoms with Crippen LogP contribution in [0.3, 0.4) is 0 Å². The van der Waals surface area contributed by atoms with Crippen LogP contribution >= 0.6 is 0 Å². The Balaban J connectivity index is 1.72. The molecule has 0 spiro atoms. The highest BCUT2D eigenvalue weighted by atomic mass is 16.3. The fraction of sp³-hybridized carbons (Fsp3) is 0.400. The molecule has 2 aromatic carbocycles. The maximum atomic E-state index is 9.96. The van der Waals surface area contributed by atoms with Crippen LogP contribution in [0.15, 0.2) is 30.5 Å². The molecule has 4 nitrogen and oxygen atoms in total. The van der Waals surface area contributed by atoms with Gasteiger partial charge in [-0.15, -0.1) is 0 Å². The van der Waals surface area contributed by atoms with Crippen molar-refractivity contribution in [2.45, 2.75) is 58.1 Å². The van der Waals surface area contributed by atoms with Crippen LogP contribution in [0.2, 0.25) is 0 Å². The summed E-state index contributed by atoms with van der Waals surface area (Å²) in [7, 11) is 0. The van der Waals surface area contributed by atoms with Crippen molar-refractivity contribution >= 4 is 16.6 Å². The molecule has 1 aromatic heterocycles. The number of aliphatic hydroxyl groups excluding tert-OH is 1. The number of nitrogens with zero attached hydrogens (tertiary/aromatic N) is 2. The van der Waals surface area contributed by atoms with Gasteiger partial charge in [0.2, 0.25) is 0 Å². The number of fused-ring (bicyclic) bond motifs is 2. The molecule has 2 N–H and O–H groups in total. The van der Waals surface area contributed by atoms with Gasteiger partial charge < -0.3 is 15.0 Å². The number of nitrogens with one attached hydrogen (secondary N) is 1. The van der Waals surface area contributed by atoms with E-state index in [9.17, 15) is 10.4 Å². The Kier molecular flexibility index (Phi) is 4.37. The second-order valence-electron chi connectivity index (χ2n) is 8.66. The number of benzene rings is 2. The predicted octanol–water partition coefficient (Wildman–Crippen LogP) is 5.24. The summed E-state index contributed by atoms with van der Waals surface area (Å²) in [5.74, 6) is 0. The van der Waals surface area contributed by atoms with Crippen LogP contribution in [0.4, 0.5) is 5.69 Å². The fourth-order valence-corrected chi connectivity index (χ4v) is 5.21. The highest BCUT2D eigenvalue weighted by Crippen LogP contribution is 2.41. The van der Waals surface area contributed by atoms with Crippen molar-refractivity contribution in [3.8, 4) is 17.2 Å². The summed E-state index contributed by atoms with van der Waals surface area (Å²) in [6.07, 6.45) is 6.91. The number of rotatable bonds is 2. The summed E-state index contributed by atoms with van der Waals surface area (Å²) in [6, 6.07) is 11.5. The van der Waals surface area contributed by atoms with Gasteiger partial charge in [-0.3, -0.25) is 0 Å². The van der Waals surface area contributed by atoms with E-state index < -0.39 is 0 Å². The molecule has 3 aromatic rings. The van der Waals surface area contributed by atoms with E-state index in [2.05, 4.69) is 53.3 Å². The molecule has 148 valence electrons. The first-order valence-corrected chi connectivity index (χ1v) is 10.7. The Morgan fingerprint density at radius 1 is 1.10 bits per heavy atom. The van der Waals surface area contributed by atoms with Gasteiger partial charge in [-0.1, -0.05) is 12.1 Å². The number of hydrogen-bond acceptors (Lipinski definition) is 3. The van der Waals surface area contributed by atoms with Gasteiger partial charge in [0.15, 0.2) is 0 Å². The fourth-order valence-electron chi connectivity index (χ4n) is 5.21. The monoisotopic (exact) mass is 385 g/mol. The Labute approximate surface area is 171 Å². The van der Waals surface area contributed by atoms with E-state index in [1.807, 2.05) is 6.92 Å². The molecular weight excluding hydrogens is 358 g/mol. The molecule has 2 heterocycles. The van der Waals surface area contributed by atoms with E-state index in [1.54, 1.807) is 0 Å². The third-order valence-electron chi connectivity index (χ3n) is 6.90. The van der Waals surface area contributed by atoms with Gasteiger partial charge in [0.25, 0.3) is 0 Å². The number of aliphatic hydroxyl groups is 1. The van der Waals surface area contributed by atoms with E-state index in [0.29, 0.717) is 6.04 Å². The van der Waals surface area contributed by atoms with Crippen molar-refractivity contribution in [2.24, 2.45) is 0 Å². The normalized spacial score (nSPS) is 21.0. The van der Waals surface area contributed by atoms with Crippen LogP contribution in [-0.4, -0.2) is 22.3 Å². The first-order chi connectivity index (χ1) is 14.1. The van der Waals surface area contributed by atoms with Crippen LogP contribution in [0, 0.1) is 25.2 Å². The minimum absolute atomic E-state index is 0.162. The summed E-state index contributed by atoms with van der Waals surface area (Å²) >= 11 is 0. The van der Waals surface area contributed by atoms with E-state index >= 15 is 0 Å². The first-order valence-electron chi connectivity index (χ1n) is 10.7. The van der Waals surface area contributed by atoms with Gasteiger partial charge in [0, 0.05) is 40.9 Å². The quantitative estimate of drug-likeness (QED) is 0.634. The Hall–Kier alpha value is -2.77. The predicted molar refractivity (Wildman–Crippen MR) is 117 cm³/mol. The molecule has 2 aliphatic rings. The lowest BCUT2D eigenvalue weighted by Crippen LogP contribution is -2.20. The highest BCUT2D eigenvalue weighted by Gasteiger charge is 2.25. The van der Waals surface area contributed by atoms with Crippen LogP contribution < -0.4 is 5.32 Å². The van der Waals surface area contributed by atoms with Crippen LogP contribution in [-0.2, 0) is 6.42 Å². The summed E-state index contributed by atoms with van der Waals surface area (Å²) in [6.45, 7) is 5.22. The molecule has 4 heteroatoms. The molecule has 1 aliphatic heterocycles. The average molecular weight is 386 g/mol. The van der Waals surface area contributed by atoms with Gasteiger partial charge in [0.1, 0.15) is 0 Å². The zero-order valence-electron chi connectivity index (χ0n) is 17.1. The largest absolute Gasteiger partial charge is 0.393 e. The molecule has 0 unspecified atom stereocenters. The van der Waals surface area contributed by atoms with Crippen molar-refractivity contribution in [3.63, 3.8) is 0 Å². The molecule has 0 saturated heterocycles. The molecule has 5 rings (SSSR count). The molecule has 29 heavy (non-hydrogen) atoms. The standard InChI is InChI=1S/C25H27N3O/c1-15-11-24-22(12-18(15)13-26)23(14-28(24)19-4-6-20(29)7-5-19)21-8-3-17-9-10-27-25(17)16(21)2/h3,8,11-12,14,19-20,27,29H,4-7,9-10H2,1-2H3. The molecular formula is C25H27N3O. The van der Waals surface area contributed by atoms with Gasteiger partial charge >= 0.3 is 0 Å². The highest BCUT2D eigenvalue weighted by molar-refractivity contribution is 5.99. The zero-order chi connectivity index (χ0) is 20.1. The van der Waals surface area contributed by atoms with Crippen molar-refractivity contribution in [1.29, 1.82) is 5.26 Å². The van der Waals surface area contributed by atoms with Gasteiger partial charge in [-0.2, -0.15) is 5.26 Å². The van der Waals surface area contributed by atoms with Gasteiger partial charge in [0.05, 0.1) is 17.7 Å². The summed E-state index contributed by atoms with van der Waals surface area (Å²) < 4.78 is 2.41. The van der Waals surface area contributed by atoms with Crippen LogP contribution in [0.25, 0.3) is 22.0 Å². The van der Waals surface area contributed by atoms with Crippen molar-refractivity contribution in [2.75, 3.05) is 11.9 Å². The minimum Gasteiger partial charge on any atom is -0.393 e. The smallest absolute Gasteiger partial charge is 0.0994 e. The minimum atomic E-state index is -0.162. The van der Waals surface area contributed by atoms with Crippen LogP contribution in [0.1, 0.15) is 54.0 Å². The summed E-state index contributed by atoms with van der Waals surface area (Å²) in [5.41, 5.74) is 9.37. The molecule has 1 aliphatic carbocycles. The van der Waals surface area contributed by atoms with Crippen LogP contribution in [0.5, 0.6) is 0 Å². The second kappa shape index (κ2) is 6.93. The molecule has 0 atom stereocenters. The Bertz CT molecular complexity index is 1140. The lowest BCUT2D eigenvalue weighted by atomic mass is 9.93. The maximum Gasteiger partial charge on any atom is 0.0994 e. The van der Waals surface area contributed by atoms with Crippen molar-refractivity contribution in [3.05, 3.63) is 52.7 Å². The zero-order valence-corrected chi connectivity index (χ0v) is 17.1. The van der Waals surface area contributed by atoms with Crippen molar-refractivity contribution < 1.29 is 5.11 Å². The third kappa shape index (κ3) is 2.92. The number of aromatic nitrogens is 1. The topological polar surface area (TPSA) is 61.0 Å². The van der Waals surface area contributed by atoms with Crippen molar-refractivity contribution in [1.82, 2.24) is 4.57 Å². The molecule has 0 radical (unpaired) electrons. The number of aryl methyl sites for hydroxylation is 1. The third-order valence-corrected chi connectivity index (χ3v) is 6.90. The molecule has 0 bridgehead atoms. The van der Waals surface area contributed by atoms with Gasteiger partial charge in [-0.25, -0.2) is 0 Å². The molecule has 1 saturated carbocycles. The second-order valence-corrected chi connectivity index (χ2v) is 8.66. The Morgan fingerprint density at radius 3 is 2.66 bits per heavy atom. The van der Waals surface area contributed by atoms with Gasteiger partial charge in [-0.05, 0) is 80.3 Å². The Morgan fingerprint density at radius 2 is 1.90 bits per heavy atom. The summed E-state index contributed by atoms with van der Waals surface area (Å²) in [5, 5.41) is 24.3. The van der Waals surface area contributed by atoms with E-state index in [4.69, 9.17) is 0 Å². The SMILES string of the molecule is Cc1cc2c(cc1C#N)c(-c1ccc3c(c1C)NCC3)cn2C1CCC(O)CC1. The number of hydrogen-bond donors (Lipinski definition) is 2. The molecule has 1 fully saturated rings. The molecule has 0 amide bonds. The maximum absolute atomic E-state index is 9.96. The lowest BCUT2D eigenvalue weighted by Gasteiger charge is -2.27. The number of nitriles is 1. The van der Waals surface area contributed by atoms with E-state index in [0.717, 1.165) is 55.2 Å². The lowest BCUT2D eigenvalue weighted by molar-refractivity contribution is 0.111. The average Bonchev–Trinajstić information content (AvgIpc) is 3.34. The summed E-state index contributed by atoms with van der Waals surface area (Å²) in [4.78, 5) is 0. The van der Waals surface area contributed by atoms with E-state index in [1.165, 1.54) is 33.5 Å². The number of anilines is 1. The first kappa shape index (κ1) is 18.3.